The average molecular weight is 620 g/mol. The molecule has 13 nitrogen and oxygen atoms in total. The molecule has 1 atom stereocenters. The van der Waals surface area contributed by atoms with Crippen LogP contribution >= 0.6 is 0 Å². The summed E-state index contributed by atoms with van der Waals surface area (Å²) in [5, 5.41) is 13.3. The van der Waals surface area contributed by atoms with Gasteiger partial charge in [-0.2, -0.15) is 4.98 Å². The van der Waals surface area contributed by atoms with Crippen LogP contribution < -0.4 is 24.4 Å². The fourth-order valence-electron chi connectivity index (χ4n) is 5.51. The van der Waals surface area contributed by atoms with Gasteiger partial charge >= 0.3 is 0 Å². The fraction of sp³-hybridized carbons (Fsp3) is 0.300. The highest BCUT2D eigenvalue weighted by Gasteiger charge is 2.31. The Hall–Kier alpha value is -4.82. The third-order valence-corrected chi connectivity index (χ3v) is 9.33. The van der Waals surface area contributed by atoms with Gasteiger partial charge in [0.1, 0.15) is 11.8 Å². The van der Waals surface area contributed by atoms with Crippen LogP contribution in [0.2, 0.25) is 0 Å². The highest BCUT2D eigenvalue weighted by atomic mass is 32.2. The number of nitrogens with zero attached hydrogens (tertiary/aromatic N) is 6. The zero-order chi connectivity index (χ0) is 31.0. The summed E-state index contributed by atoms with van der Waals surface area (Å²) < 4.78 is 47.0. The van der Waals surface area contributed by atoms with Crippen molar-refractivity contribution in [3.63, 3.8) is 0 Å². The van der Waals surface area contributed by atoms with Crippen molar-refractivity contribution in [2.24, 2.45) is 0 Å². The molecule has 4 heterocycles. The average Bonchev–Trinajstić information content (AvgIpc) is 3.80. The second-order valence-electron chi connectivity index (χ2n) is 10.4. The third-order valence-electron chi connectivity index (χ3n) is 7.66. The van der Waals surface area contributed by atoms with Crippen molar-refractivity contribution in [2.75, 3.05) is 44.7 Å². The number of aliphatic hydroxyl groups is 1. The van der Waals surface area contributed by atoms with Crippen LogP contribution in [0.5, 0.6) is 17.2 Å². The number of hydrogen-bond acceptors (Lipinski definition) is 11. The zero-order valence-corrected chi connectivity index (χ0v) is 25.6. The van der Waals surface area contributed by atoms with Crippen molar-refractivity contribution >= 4 is 38.6 Å². The van der Waals surface area contributed by atoms with E-state index in [-0.39, 0.29) is 23.5 Å². The molecule has 14 heteroatoms. The number of aryl methyl sites for hydroxylation is 1. The second kappa shape index (κ2) is 11.7. The highest BCUT2D eigenvalue weighted by molar-refractivity contribution is 7.90. The van der Waals surface area contributed by atoms with Gasteiger partial charge in [0.25, 0.3) is 10.0 Å². The van der Waals surface area contributed by atoms with E-state index >= 15 is 0 Å². The van der Waals surface area contributed by atoms with Gasteiger partial charge in [0.15, 0.2) is 23.1 Å². The lowest BCUT2D eigenvalue weighted by atomic mass is 10.2. The second-order valence-corrected chi connectivity index (χ2v) is 12.2. The minimum Gasteiger partial charge on any atom is -0.493 e. The lowest BCUT2D eigenvalue weighted by Crippen LogP contribution is -2.33. The molecule has 1 aliphatic heterocycles. The molecule has 6 rings (SSSR count). The number of aromatic nitrogens is 5. The molecule has 3 aromatic heterocycles. The molecule has 0 bridgehead atoms. The number of hydrogen-bond donors (Lipinski definition) is 2. The summed E-state index contributed by atoms with van der Waals surface area (Å²) in [6.07, 6.45) is 6.47. The Morgan fingerprint density at radius 3 is 2.50 bits per heavy atom. The van der Waals surface area contributed by atoms with Crippen molar-refractivity contribution in [3.8, 4) is 22.9 Å². The molecule has 0 unspecified atom stereocenters. The Labute approximate surface area is 254 Å². The maximum atomic E-state index is 13.8. The highest BCUT2D eigenvalue weighted by Crippen LogP contribution is 2.39. The summed E-state index contributed by atoms with van der Waals surface area (Å²) in [6, 6.07) is 11.8. The summed E-state index contributed by atoms with van der Waals surface area (Å²) in [5.74, 6) is 2.58. The Bertz CT molecular complexity index is 1910. The van der Waals surface area contributed by atoms with Crippen LogP contribution in [0.1, 0.15) is 18.4 Å². The number of fused-ring (bicyclic) bond motifs is 1. The predicted molar refractivity (Wildman–Crippen MR) is 165 cm³/mol. The van der Waals surface area contributed by atoms with Crippen LogP contribution in [0, 0.1) is 6.92 Å². The van der Waals surface area contributed by atoms with Gasteiger partial charge in [0.2, 0.25) is 11.7 Å². The van der Waals surface area contributed by atoms with E-state index in [0.717, 1.165) is 24.1 Å². The van der Waals surface area contributed by atoms with Gasteiger partial charge in [-0.25, -0.2) is 22.4 Å². The fourth-order valence-corrected chi connectivity index (χ4v) is 6.96. The molecule has 2 aromatic carbocycles. The normalized spacial score (nSPS) is 15.1. The van der Waals surface area contributed by atoms with Gasteiger partial charge in [-0.05, 0) is 43.5 Å². The predicted octanol–water partition coefficient (Wildman–Crippen LogP) is 3.89. The summed E-state index contributed by atoms with van der Waals surface area (Å²) in [4.78, 5) is 16.0. The monoisotopic (exact) mass is 619 g/mol. The van der Waals surface area contributed by atoms with Crippen LogP contribution in [0.3, 0.4) is 0 Å². The molecule has 0 saturated carbocycles. The lowest BCUT2D eigenvalue weighted by Gasteiger charge is -2.25. The maximum Gasteiger partial charge on any atom is 0.268 e. The molecular weight excluding hydrogens is 586 g/mol. The van der Waals surface area contributed by atoms with E-state index < -0.39 is 10.0 Å². The first-order valence-electron chi connectivity index (χ1n) is 14.0. The van der Waals surface area contributed by atoms with Crippen molar-refractivity contribution < 1.29 is 27.7 Å². The SMILES string of the molecule is COc1cc(-n2cnc(Nc3nc(N4CCC[C@H]4CO)c4c(ccn4S(=O)(=O)c4cccc(C)c4)n3)c2)cc(OC)c1OC. The Balaban J connectivity index is 1.41. The van der Waals surface area contributed by atoms with Crippen LogP contribution in [0.25, 0.3) is 16.7 Å². The van der Waals surface area contributed by atoms with Crippen molar-refractivity contribution in [2.45, 2.75) is 30.7 Å². The summed E-state index contributed by atoms with van der Waals surface area (Å²) >= 11 is 0. The molecule has 0 radical (unpaired) electrons. The number of imidazole rings is 1. The summed E-state index contributed by atoms with van der Waals surface area (Å²) in [6.45, 7) is 2.37. The van der Waals surface area contributed by atoms with E-state index in [2.05, 4.69) is 15.3 Å². The number of methoxy groups -OCH3 is 3. The number of ether oxygens (including phenoxy) is 3. The Morgan fingerprint density at radius 1 is 1.05 bits per heavy atom. The number of nitrogens with one attached hydrogen (secondary N) is 1. The summed E-state index contributed by atoms with van der Waals surface area (Å²) in [5.41, 5.74) is 2.33. The Morgan fingerprint density at radius 2 is 1.82 bits per heavy atom. The van der Waals surface area contributed by atoms with E-state index in [1.54, 1.807) is 74.8 Å². The molecule has 0 amide bonds. The molecule has 5 aromatic rings. The standard InChI is InChI=1S/C30H33N7O6S/c1-19-7-5-9-22(13-19)44(39,40)37-12-10-23-27(37)29(36-11-6-8-20(36)17-38)34-30(32-23)33-26-16-35(18-31-26)21-14-24(41-2)28(43-4)25(15-21)42-3/h5,7,9-10,12-16,18,20,38H,6,8,11,17H2,1-4H3,(H,32,33,34)/t20-/m0/s1. The van der Waals surface area contributed by atoms with Crippen molar-refractivity contribution in [1.29, 1.82) is 0 Å². The molecule has 230 valence electrons. The first-order chi connectivity index (χ1) is 21.3. The number of anilines is 3. The minimum absolute atomic E-state index is 0.0845. The molecule has 44 heavy (non-hydrogen) atoms. The minimum atomic E-state index is -3.95. The van der Waals surface area contributed by atoms with Crippen molar-refractivity contribution in [1.82, 2.24) is 23.5 Å². The number of aliphatic hydroxyl groups excluding tert-OH is 1. The van der Waals surface area contributed by atoms with E-state index in [4.69, 9.17) is 19.2 Å². The summed E-state index contributed by atoms with van der Waals surface area (Å²) in [7, 11) is 0.688. The molecular formula is C30H33N7O6S. The number of benzene rings is 2. The number of rotatable bonds is 10. The molecule has 1 aliphatic rings. The third kappa shape index (κ3) is 5.15. The van der Waals surface area contributed by atoms with Crippen LogP contribution in [0.15, 0.2) is 66.1 Å². The van der Waals surface area contributed by atoms with E-state index in [0.29, 0.717) is 46.5 Å². The molecule has 1 fully saturated rings. The first-order valence-corrected chi connectivity index (χ1v) is 15.4. The van der Waals surface area contributed by atoms with Gasteiger partial charge < -0.3 is 34.1 Å². The van der Waals surface area contributed by atoms with Crippen LogP contribution in [-0.2, 0) is 10.0 Å². The largest absolute Gasteiger partial charge is 0.493 e. The van der Waals surface area contributed by atoms with E-state index in [1.807, 2.05) is 17.9 Å². The lowest BCUT2D eigenvalue weighted by molar-refractivity contribution is 0.266. The zero-order valence-electron chi connectivity index (χ0n) is 24.8. The Kier molecular flexibility index (Phi) is 7.78. The van der Waals surface area contributed by atoms with Gasteiger partial charge in [-0.3, -0.25) is 0 Å². The van der Waals surface area contributed by atoms with Gasteiger partial charge in [0.05, 0.1) is 56.3 Å². The maximum absolute atomic E-state index is 13.8. The molecule has 2 N–H and O–H groups in total. The van der Waals surface area contributed by atoms with Crippen molar-refractivity contribution in [3.05, 3.63) is 66.7 Å². The van der Waals surface area contributed by atoms with Gasteiger partial charge in [0, 0.05) is 24.9 Å². The quantitative estimate of drug-likeness (QED) is 0.235. The van der Waals surface area contributed by atoms with Crippen LogP contribution in [-0.4, -0.2) is 77.5 Å². The van der Waals surface area contributed by atoms with Crippen LogP contribution in [0.4, 0.5) is 17.6 Å². The molecule has 0 aliphatic carbocycles. The molecule has 1 saturated heterocycles. The smallest absolute Gasteiger partial charge is 0.268 e. The first kappa shape index (κ1) is 29.3. The van der Waals surface area contributed by atoms with E-state index in [9.17, 15) is 13.5 Å². The van der Waals surface area contributed by atoms with Gasteiger partial charge in [-0.1, -0.05) is 12.1 Å². The van der Waals surface area contributed by atoms with E-state index in [1.165, 1.54) is 10.2 Å². The molecule has 0 spiro atoms. The van der Waals surface area contributed by atoms with Gasteiger partial charge in [-0.15, -0.1) is 0 Å². The topological polar surface area (TPSA) is 146 Å².